The topological polar surface area (TPSA) is 57.1 Å². The quantitative estimate of drug-likeness (QED) is 0.336. The van der Waals surface area contributed by atoms with Gasteiger partial charge < -0.3 is 14.2 Å². The van der Waals surface area contributed by atoms with E-state index < -0.39 is 11.8 Å². The number of halogens is 2. The highest BCUT2D eigenvalue weighted by Crippen LogP contribution is 2.31. The van der Waals surface area contributed by atoms with Crippen molar-refractivity contribution in [2.24, 2.45) is 4.99 Å². The molecule has 0 amide bonds. The van der Waals surface area contributed by atoms with Gasteiger partial charge in [0.05, 0.1) is 6.61 Å². The van der Waals surface area contributed by atoms with Gasteiger partial charge in [0.1, 0.15) is 12.4 Å². The zero-order chi connectivity index (χ0) is 22.5. The number of esters is 1. The van der Waals surface area contributed by atoms with Crippen LogP contribution >= 0.6 is 11.6 Å². The van der Waals surface area contributed by atoms with Crippen LogP contribution in [0.25, 0.3) is 6.08 Å². The highest BCUT2D eigenvalue weighted by Gasteiger charge is 2.24. The molecule has 7 heteroatoms. The molecule has 0 aromatic heterocycles. The van der Waals surface area contributed by atoms with E-state index in [9.17, 15) is 9.18 Å². The summed E-state index contributed by atoms with van der Waals surface area (Å²) in [5.74, 6) is 0.131. The molecular weight excluding hydrogens is 433 g/mol. The van der Waals surface area contributed by atoms with Crippen molar-refractivity contribution in [1.29, 1.82) is 0 Å². The second kappa shape index (κ2) is 9.66. The van der Waals surface area contributed by atoms with E-state index in [2.05, 4.69) is 4.99 Å². The summed E-state index contributed by atoms with van der Waals surface area (Å²) in [5, 5.41) is 0.662. The molecule has 0 unspecified atom stereocenters. The van der Waals surface area contributed by atoms with Gasteiger partial charge in [-0.05, 0) is 66.6 Å². The molecule has 0 fully saturated rings. The monoisotopic (exact) mass is 451 g/mol. The maximum Gasteiger partial charge on any atom is 0.363 e. The molecule has 0 bridgehead atoms. The van der Waals surface area contributed by atoms with Gasteiger partial charge in [-0.15, -0.1) is 0 Å². The van der Waals surface area contributed by atoms with E-state index in [-0.39, 0.29) is 11.6 Å². The summed E-state index contributed by atoms with van der Waals surface area (Å²) in [6, 6.07) is 18.4. The third kappa shape index (κ3) is 5.15. The molecule has 4 rings (SSSR count). The van der Waals surface area contributed by atoms with Gasteiger partial charge in [-0.2, -0.15) is 0 Å². The lowest BCUT2D eigenvalue weighted by Crippen LogP contribution is -2.05. The zero-order valence-corrected chi connectivity index (χ0v) is 17.9. The second-order valence-corrected chi connectivity index (χ2v) is 7.34. The van der Waals surface area contributed by atoms with Gasteiger partial charge in [0.2, 0.25) is 5.90 Å². The van der Waals surface area contributed by atoms with Crippen molar-refractivity contribution in [3.05, 3.63) is 100.0 Å². The summed E-state index contributed by atoms with van der Waals surface area (Å²) < 4.78 is 30.3. The Balaban J connectivity index is 1.55. The average molecular weight is 452 g/mol. The van der Waals surface area contributed by atoms with Gasteiger partial charge in [-0.3, -0.25) is 0 Å². The molecule has 0 saturated heterocycles. The minimum atomic E-state index is -0.606. The van der Waals surface area contributed by atoms with Crippen molar-refractivity contribution in [3.63, 3.8) is 0 Å². The maximum atomic E-state index is 13.5. The Bertz CT molecular complexity index is 1200. The van der Waals surface area contributed by atoms with E-state index in [4.69, 9.17) is 25.8 Å². The van der Waals surface area contributed by atoms with Gasteiger partial charge in [0.15, 0.2) is 17.2 Å². The lowest BCUT2D eigenvalue weighted by atomic mass is 10.1. The Morgan fingerprint density at radius 2 is 1.84 bits per heavy atom. The molecular formula is C25H19ClFNO4. The van der Waals surface area contributed by atoms with E-state index in [0.717, 1.165) is 5.56 Å². The minimum Gasteiger partial charge on any atom is -0.490 e. The summed E-state index contributed by atoms with van der Waals surface area (Å²) in [7, 11) is 0. The predicted molar refractivity (Wildman–Crippen MR) is 120 cm³/mol. The molecule has 0 spiro atoms. The van der Waals surface area contributed by atoms with Crippen LogP contribution in [0.4, 0.5) is 4.39 Å². The minimum absolute atomic E-state index is 0.0636. The summed E-state index contributed by atoms with van der Waals surface area (Å²) >= 11 is 5.92. The first-order chi connectivity index (χ1) is 15.5. The largest absolute Gasteiger partial charge is 0.490 e. The van der Waals surface area contributed by atoms with Gasteiger partial charge in [0, 0.05) is 10.6 Å². The molecule has 3 aromatic rings. The van der Waals surface area contributed by atoms with Crippen LogP contribution in [0.2, 0.25) is 5.02 Å². The van der Waals surface area contributed by atoms with Crippen molar-refractivity contribution >= 4 is 29.5 Å². The number of hydrogen-bond donors (Lipinski definition) is 0. The molecule has 162 valence electrons. The van der Waals surface area contributed by atoms with Crippen molar-refractivity contribution in [1.82, 2.24) is 0 Å². The summed E-state index contributed by atoms with van der Waals surface area (Å²) in [6.45, 7) is 2.67. The van der Waals surface area contributed by atoms with E-state index in [1.807, 2.05) is 19.1 Å². The van der Waals surface area contributed by atoms with Crippen LogP contribution in [0.3, 0.4) is 0 Å². The Hall–Kier alpha value is -3.64. The summed E-state index contributed by atoms with van der Waals surface area (Å²) in [4.78, 5) is 16.5. The van der Waals surface area contributed by atoms with Crippen LogP contribution in [0, 0.1) is 5.82 Å². The molecule has 0 N–H and O–H groups in total. The average Bonchev–Trinajstić information content (AvgIpc) is 3.15. The Kier molecular flexibility index (Phi) is 6.52. The number of nitrogens with zero attached hydrogens (tertiary/aromatic N) is 1. The lowest BCUT2D eigenvalue weighted by molar-refractivity contribution is -0.129. The normalized spacial score (nSPS) is 14.3. The van der Waals surface area contributed by atoms with Gasteiger partial charge in [0.25, 0.3) is 0 Å². The van der Waals surface area contributed by atoms with Gasteiger partial charge >= 0.3 is 5.97 Å². The maximum absolute atomic E-state index is 13.5. The standard InChI is InChI=1S/C25H19ClFNO4/c1-2-30-23-13-17(8-11-22(23)31-15-16-6-9-19(26)10-7-16)12-21-25(29)32-24(28-21)18-4-3-5-20(27)14-18/h3-14H,2,15H2,1H3/b21-12+. The van der Waals surface area contributed by atoms with E-state index >= 15 is 0 Å². The molecule has 0 atom stereocenters. The molecule has 32 heavy (non-hydrogen) atoms. The molecule has 1 aliphatic heterocycles. The number of aliphatic imine (C=N–C) groups is 1. The van der Waals surface area contributed by atoms with Crippen LogP contribution in [0.5, 0.6) is 11.5 Å². The van der Waals surface area contributed by atoms with Gasteiger partial charge in [-0.1, -0.05) is 35.9 Å². The van der Waals surface area contributed by atoms with Crippen LogP contribution in [-0.4, -0.2) is 18.5 Å². The third-order valence-electron chi connectivity index (χ3n) is 4.57. The summed E-state index contributed by atoms with van der Waals surface area (Å²) in [5.41, 5.74) is 2.16. The van der Waals surface area contributed by atoms with Crippen molar-refractivity contribution < 1.29 is 23.4 Å². The smallest absolute Gasteiger partial charge is 0.363 e. The molecule has 1 heterocycles. The molecule has 0 radical (unpaired) electrons. The number of ether oxygens (including phenoxy) is 3. The Labute approximate surface area is 189 Å². The molecule has 3 aromatic carbocycles. The second-order valence-electron chi connectivity index (χ2n) is 6.90. The predicted octanol–water partition coefficient (Wildman–Crippen LogP) is 5.80. The number of cyclic esters (lactones) is 1. The SMILES string of the molecule is CCOc1cc(/C=C2/N=C(c3cccc(F)c3)OC2=O)ccc1OCc1ccc(Cl)cc1. The number of hydrogen-bond acceptors (Lipinski definition) is 5. The molecule has 0 aliphatic carbocycles. The van der Waals surface area contributed by atoms with Crippen molar-refractivity contribution in [2.75, 3.05) is 6.61 Å². The first kappa shape index (κ1) is 21.6. The highest BCUT2D eigenvalue weighted by molar-refractivity contribution is 6.30. The van der Waals surface area contributed by atoms with Crippen molar-refractivity contribution in [3.8, 4) is 11.5 Å². The fraction of sp³-hybridized carbons (Fsp3) is 0.120. The Morgan fingerprint density at radius 3 is 2.59 bits per heavy atom. The fourth-order valence-electron chi connectivity index (χ4n) is 3.06. The van der Waals surface area contributed by atoms with Crippen LogP contribution in [0.15, 0.2) is 77.4 Å². The first-order valence-corrected chi connectivity index (χ1v) is 10.3. The number of benzene rings is 3. The number of carbonyl (C=O) groups is 1. The van der Waals surface area contributed by atoms with Crippen LogP contribution in [0.1, 0.15) is 23.6 Å². The van der Waals surface area contributed by atoms with E-state index in [1.54, 1.807) is 42.5 Å². The first-order valence-electron chi connectivity index (χ1n) is 9.94. The summed E-state index contributed by atoms with van der Waals surface area (Å²) in [6.07, 6.45) is 1.58. The molecule has 5 nitrogen and oxygen atoms in total. The number of rotatable bonds is 7. The van der Waals surface area contributed by atoms with Crippen molar-refractivity contribution in [2.45, 2.75) is 13.5 Å². The van der Waals surface area contributed by atoms with Crippen LogP contribution < -0.4 is 9.47 Å². The number of carbonyl (C=O) groups excluding carboxylic acids is 1. The molecule has 1 aliphatic rings. The lowest BCUT2D eigenvalue weighted by Gasteiger charge is -2.13. The van der Waals surface area contributed by atoms with E-state index in [0.29, 0.717) is 40.9 Å². The fourth-order valence-corrected chi connectivity index (χ4v) is 3.18. The third-order valence-corrected chi connectivity index (χ3v) is 4.82. The Morgan fingerprint density at radius 1 is 1.03 bits per heavy atom. The van der Waals surface area contributed by atoms with E-state index in [1.165, 1.54) is 18.2 Å². The van der Waals surface area contributed by atoms with Gasteiger partial charge in [-0.25, -0.2) is 14.2 Å². The molecule has 0 saturated carbocycles. The highest BCUT2D eigenvalue weighted by atomic mass is 35.5. The van der Waals surface area contributed by atoms with Crippen LogP contribution in [-0.2, 0) is 16.1 Å². The zero-order valence-electron chi connectivity index (χ0n) is 17.2.